The number of hydrogen-bond donors (Lipinski definition) is 9. The topological polar surface area (TPSA) is 405 Å². The number of nitrogen functional groups attached to an aromatic ring is 1. The van der Waals surface area contributed by atoms with Crippen LogP contribution in [-0.4, -0.2) is 224 Å². The summed E-state index contributed by atoms with van der Waals surface area (Å²) in [6.07, 6.45) is 8.84. The molecule has 34 heteroatoms. The van der Waals surface area contributed by atoms with Gasteiger partial charge < -0.3 is 114 Å². The van der Waals surface area contributed by atoms with Crippen molar-refractivity contribution < 1.29 is 81.0 Å². The fraction of sp³-hybridized carbons (Fsp3) is 0.483. The smallest absolute Gasteiger partial charge is 0.291 e. The number of hydrogen-bond acceptors (Lipinski definition) is 21. The average Bonchev–Trinajstić information content (AvgIpc) is 1.84. The second-order valence-corrected chi connectivity index (χ2v) is 20.6. The molecule has 0 fully saturated rings. The first-order valence-corrected chi connectivity index (χ1v) is 30.2. The van der Waals surface area contributed by atoms with E-state index in [9.17, 15) is 38.4 Å². The third-order valence-corrected chi connectivity index (χ3v) is 13.2. The van der Waals surface area contributed by atoms with Gasteiger partial charge in [0.25, 0.3) is 29.5 Å². The Balaban J connectivity index is 0.712. The zero-order chi connectivity index (χ0) is 67.5. The normalized spacial score (nSPS) is 11.1. The van der Waals surface area contributed by atoms with Crippen LogP contribution in [0.5, 0.6) is 5.75 Å². The van der Waals surface area contributed by atoms with Gasteiger partial charge in [-0.2, -0.15) is 0 Å². The monoisotopic (exact) mass is 1320 g/mol. The number of carbonyl (C=O) groups is 8. The average molecular weight is 1320 g/mol. The Morgan fingerprint density at radius 2 is 0.777 bits per heavy atom. The maximum Gasteiger partial charge on any atom is 0.291 e. The molecule has 34 nitrogen and oxygen atoms in total. The molecule has 0 aliphatic heterocycles. The van der Waals surface area contributed by atoms with E-state index in [-0.39, 0.29) is 104 Å². The number of anilines is 5. The highest BCUT2D eigenvalue weighted by Crippen LogP contribution is 2.18. The summed E-state index contributed by atoms with van der Waals surface area (Å²) in [7, 11) is 8.05. The predicted molar refractivity (Wildman–Crippen MR) is 340 cm³/mol. The van der Waals surface area contributed by atoms with Gasteiger partial charge in [-0.15, -0.1) is 0 Å². The Kier molecular flexibility index (Phi) is 31.6. The molecule has 0 spiro atoms. The van der Waals surface area contributed by atoms with Gasteiger partial charge >= 0.3 is 0 Å². The third-order valence-electron chi connectivity index (χ3n) is 13.2. The first-order chi connectivity index (χ1) is 45.4. The standard InChI is InChI=1S/C60H85N17O17/c1-73-18-16-63-53(73)59(84)67-43-36-46(74(2)38-43)56(81)64-15-12-52(80)70-49-41-77(5)55(72-49)60(85)68-44-37-47(75(3)39-44)57(82)65-14-11-51(79)69-48-40-76(4)54(71-48)58(83)66-13-10-50(78)62-17-19-86-20-21-87-22-23-88-24-25-89-26-27-90-28-29-91-30-31-92-32-33-93-34-35-94-45-8-6-42(61)7-9-45/h6-9,16,18,36-41H,10-15,17,19-35,61H2,1-5H3,(H,62,78)(H,64,81)(H,65,82)(H,66,83)(H,67,84)(H,68,85)(H,69,79)(H,70,80). The van der Waals surface area contributed by atoms with Crippen molar-refractivity contribution in [3.63, 3.8) is 0 Å². The van der Waals surface area contributed by atoms with Gasteiger partial charge in [0.1, 0.15) is 23.7 Å². The minimum atomic E-state index is -0.637. The van der Waals surface area contributed by atoms with Gasteiger partial charge in [-0.3, -0.25) is 38.4 Å². The summed E-state index contributed by atoms with van der Waals surface area (Å²) >= 11 is 0. The van der Waals surface area contributed by atoms with Gasteiger partial charge in [-0.25, -0.2) is 15.0 Å². The number of nitrogens with two attached hydrogens (primary N) is 1. The van der Waals surface area contributed by atoms with Gasteiger partial charge in [-0.1, -0.05) is 0 Å². The number of amides is 8. The van der Waals surface area contributed by atoms with Crippen molar-refractivity contribution in [1.82, 2.24) is 59.1 Å². The van der Waals surface area contributed by atoms with Crippen LogP contribution in [0.3, 0.4) is 0 Å². The van der Waals surface area contributed by atoms with Crippen molar-refractivity contribution in [2.45, 2.75) is 19.3 Å². The zero-order valence-corrected chi connectivity index (χ0v) is 53.5. The van der Waals surface area contributed by atoms with Crippen LogP contribution in [0.2, 0.25) is 0 Å². The molecule has 0 atom stereocenters. The van der Waals surface area contributed by atoms with Crippen LogP contribution in [0.25, 0.3) is 0 Å². The zero-order valence-electron chi connectivity index (χ0n) is 53.5. The van der Waals surface area contributed by atoms with Crippen LogP contribution < -0.4 is 53.0 Å². The van der Waals surface area contributed by atoms with Crippen LogP contribution in [0.4, 0.5) is 28.7 Å². The summed E-state index contributed by atoms with van der Waals surface area (Å²) < 4.78 is 57.0. The molecular formula is C60H85N17O17. The Bertz CT molecular complexity index is 3370. The second-order valence-electron chi connectivity index (χ2n) is 20.6. The number of nitrogens with one attached hydrogen (secondary N) is 8. The molecule has 10 N–H and O–H groups in total. The van der Waals surface area contributed by atoms with Crippen molar-refractivity contribution in [2.24, 2.45) is 35.2 Å². The third kappa shape index (κ3) is 26.6. The fourth-order valence-corrected chi connectivity index (χ4v) is 8.47. The van der Waals surface area contributed by atoms with E-state index in [0.717, 1.165) is 5.75 Å². The summed E-state index contributed by atoms with van der Waals surface area (Å²) in [5.74, 6) is -2.85. The van der Waals surface area contributed by atoms with E-state index in [2.05, 4.69) is 57.5 Å². The molecular weight excluding hydrogens is 1230 g/mol. The van der Waals surface area contributed by atoms with Gasteiger partial charge in [-0.05, 0) is 36.4 Å². The van der Waals surface area contributed by atoms with Gasteiger partial charge in [0, 0.05) is 124 Å². The minimum absolute atomic E-state index is 0.00357. The van der Waals surface area contributed by atoms with Crippen LogP contribution in [0, 0.1) is 0 Å². The van der Waals surface area contributed by atoms with Crippen molar-refractivity contribution in [1.29, 1.82) is 0 Å². The number of rotatable bonds is 46. The number of aromatic nitrogens is 8. The molecule has 94 heavy (non-hydrogen) atoms. The quantitative estimate of drug-likeness (QED) is 0.0187. The molecule has 8 amide bonds. The molecule has 512 valence electrons. The fourth-order valence-electron chi connectivity index (χ4n) is 8.47. The highest BCUT2D eigenvalue weighted by molar-refractivity contribution is 6.04. The lowest BCUT2D eigenvalue weighted by Crippen LogP contribution is -2.33. The predicted octanol–water partition coefficient (Wildman–Crippen LogP) is 0.616. The SMILES string of the molecule is Cn1cc(NC(=O)c2nc(NC(=O)CCNC(=O)c3cc(NC(=O)c4nccn4C)cn3C)cn2C)cc1C(=O)NCCC(=O)Nc1cn(C)c(C(=O)NCCC(=O)NCCOCCOCCOCCOCCOCCOCCOCCOCCOc2ccc(N)cc2)n1. The largest absolute Gasteiger partial charge is 0.491 e. The highest BCUT2D eigenvalue weighted by Gasteiger charge is 2.21. The lowest BCUT2D eigenvalue weighted by Gasteiger charge is -2.09. The van der Waals surface area contributed by atoms with E-state index in [4.69, 9.17) is 48.4 Å². The molecule has 0 unspecified atom stereocenters. The summed E-state index contributed by atoms with van der Waals surface area (Å²) in [4.78, 5) is 115. The number of carbonyl (C=O) groups excluding carboxylic acids is 8. The first-order valence-electron chi connectivity index (χ1n) is 30.2. The molecule has 5 aromatic heterocycles. The number of imidazole rings is 3. The molecule has 1 aromatic carbocycles. The van der Waals surface area contributed by atoms with Crippen LogP contribution in [0.15, 0.2) is 73.6 Å². The molecule has 0 radical (unpaired) electrons. The van der Waals surface area contributed by atoms with E-state index in [1.54, 1.807) is 64.3 Å². The lowest BCUT2D eigenvalue weighted by atomic mass is 10.3. The number of aryl methyl sites for hydroxylation is 5. The molecule has 5 heterocycles. The van der Waals surface area contributed by atoms with Gasteiger partial charge in [0.2, 0.25) is 29.4 Å². The Morgan fingerprint density at radius 1 is 0.394 bits per heavy atom. The van der Waals surface area contributed by atoms with Crippen LogP contribution in [0.1, 0.15) is 72.1 Å². The number of ether oxygens (including phenoxy) is 9. The van der Waals surface area contributed by atoms with E-state index in [0.29, 0.717) is 117 Å². The molecule has 0 aliphatic carbocycles. The van der Waals surface area contributed by atoms with E-state index in [1.807, 2.05) is 12.1 Å². The van der Waals surface area contributed by atoms with E-state index in [1.165, 1.54) is 55.2 Å². The van der Waals surface area contributed by atoms with Crippen molar-refractivity contribution in [2.75, 3.05) is 165 Å². The summed E-state index contributed by atoms with van der Waals surface area (Å²) in [6.45, 7) is 7.33. The maximum absolute atomic E-state index is 13.3. The second kappa shape index (κ2) is 40.4. The first kappa shape index (κ1) is 73.5. The molecule has 0 saturated carbocycles. The number of benzene rings is 1. The maximum atomic E-state index is 13.3. The lowest BCUT2D eigenvalue weighted by molar-refractivity contribution is -0.121. The van der Waals surface area contributed by atoms with Crippen LogP contribution in [-0.2, 0) is 87.5 Å². The van der Waals surface area contributed by atoms with Crippen molar-refractivity contribution in [3.8, 4) is 5.75 Å². The molecule has 0 aliphatic rings. The van der Waals surface area contributed by atoms with Gasteiger partial charge in [0.15, 0.2) is 17.5 Å². The Labute approximate surface area is 542 Å². The molecule has 0 saturated heterocycles. The Morgan fingerprint density at radius 3 is 1.20 bits per heavy atom. The summed E-state index contributed by atoms with van der Waals surface area (Å²) in [5, 5.41) is 21.3. The van der Waals surface area contributed by atoms with Crippen molar-refractivity contribution in [3.05, 3.63) is 102 Å². The minimum Gasteiger partial charge on any atom is -0.491 e. The van der Waals surface area contributed by atoms with E-state index >= 15 is 0 Å². The number of nitrogens with zero attached hydrogens (tertiary/aromatic N) is 8. The molecule has 6 rings (SSSR count). The highest BCUT2D eigenvalue weighted by atomic mass is 16.6. The Hall–Kier alpha value is -9.55. The summed E-state index contributed by atoms with van der Waals surface area (Å²) in [6, 6.07) is 10.1. The van der Waals surface area contributed by atoms with Crippen molar-refractivity contribution >= 4 is 76.0 Å². The van der Waals surface area contributed by atoms with Gasteiger partial charge in [0.05, 0.1) is 117 Å². The summed E-state index contributed by atoms with van der Waals surface area (Å²) in [5.41, 5.74) is 7.41. The van der Waals surface area contributed by atoms with Crippen LogP contribution >= 0.6 is 0 Å². The van der Waals surface area contributed by atoms with E-state index < -0.39 is 41.4 Å². The molecule has 0 bridgehead atoms. The molecule has 6 aromatic rings.